The molecule has 3 aliphatic rings. The second-order valence-corrected chi connectivity index (χ2v) is 9.84. The van der Waals surface area contributed by atoms with Crippen molar-refractivity contribution in [1.82, 2.24) is 20.0 Å². The molecule has 2 unspecified atom stereocenters. The van der Waals surface area contributed by atoms with Gasteiger partial charge in [0.15, 0.2) is 5.58 Å². The molecule has 0 radical (unpaired) electrons. The van der Waals surface area contributed by atoms with Gasteiger partial charge in [0.05, 0.1) is 12.2 Å². The van der Waals surface area contributed by atoms with E-state index >= 15 is 0 Å². The van der Waals surface area contributed by atoms with E-state index in [0.29, 0.717) is 29.2 Å². The summed E-state index contributed by atoms with van der Waals surface area (Å²) in [6.07, 6.45) is 2.87. The zero-order valence-corrected chi connectivity index (χ0v) is 17.4. The lowest BCUT2D eigenvalue weighted by Crippen LogP contribution is -2.67. The fourth-order valence-corrected chi connectivity index (χ4v) is 5.68. The first-order chi connectivity index (χ1) is 14.0. The quantitative estimate of drug-likeness (QED) is 0.537. The van der Waals surface area contributed by atoms with Gasteiger partial charge in [-0.15, -0.1) is 11.3 Å². The molecule has 3 aliphatic heterocycles. The summed E-state index contributed by atoms with van der Waals surface area (Å²) in [4.78, 5) is 11.1. The number of methoxy groups -OCH3 is 1. The Hall–Kier alpha value is -2.05. The van der Waals surface area contributed by atoms with E-state index in [0.717, 1.165) is 30.1 Å². The molecular weight excluding hydrogens is 414 g/mol. The summed E-state index contributed by atoms with van der Waals surface area (Å²) in [6, 6.07) is 4.61. The first-order valence-electron chi connectivity index (χ1n) is 9.38. The van der Waals surface area contributed by atoms with Crippen LogP contribution in [0.3, 0.4) is 0 Å². The number of hydrogen-bond acceptors (Lipinski definition) is 9. The number of sulfonamides is 1. The van der Waals surface area contributed by atoms with E-state index in [9.17, 15) is 8.42 Å². The monoisotopic (exact) mass is 435 g/mol. The Morgan fingerprint density at radius 2 is 2.17 bits per heavy atom. The van der Waals surface area contributed by atoms with Gasteiger partial charge in [-0.05, 0) is 18.6 Å². The fourth-order valence-electron chi connectivity index (χ4n) is 3.87. The van der Waals surface area contributed by atoms with Crippen LogP contribution in [0, 0.1) is 0 Å². The van der Waals surface area contributed by atoms with Gasteiger partial charge in [-0.1, -0.05) is 0 Å². The highest BCUT2D eigenvalue weighted by atomic mass is 32.2. The number of fused-ring (bicyclic) bond motifs is 3. The Balaban J connectivity index is 1.60. The molecule has 154 valence electrons. The first kappa shape index (κ1) is 18.9. The maximum absolute atomic E-state index is 12.9. The third-order valence-electron chi connectivity index (χ3n) is 5.24. The molecule has 2 atom stereocenters. The molecule has 29 heavy (non-hydrogen) atoms. The molecule has 6 rings (SSSR count). The fraction of sp³-hybridized carbons (Fsp3) is 0.444. The summed E-state index contributed by atoms with van der Waals surface area (Å²) >= 11 is 1.47. The Kier molecular flexibility index (Phi) is 4.79. The van der Waals surface area contributed by atoms with E-state index in [1.165, 1.54) is 18.4 Å². The lowest BCUT2D eigenvalue weighted by Gasteiger charge is -2.47. The predicted molar refractivity (Wildman–Crippen MR) is 110 cm³/mol. The average Bonchev–Trinajstić information content (AvgIpc) is 3.37. The second kappa shape index (κ2) is 7.33. The normalized spacial score (nSPS) is 21.5. The molecule has 3 fully saturated rings. The Bertz CT molecular complexity index is 1110. The largest absolute Gasteiger partial charge is 0.423 e. The van der Waals surface area contributed by atoms with Crippen LogP contribution in [0.1, 0.15) is 6.42 Å². The van der Waals surface area contributed by atoms with Crippen molar-refractivity contribution in [3.8, 4) is 10.6 Å². The molecule has 3 saturated heterocycles. The van der Waals surface area contributed by atoms with Crippen LogP contribution in [0.4, 0.5) is 6.01 Å². The van der Waals surface area contributed by atoms with Crippen LogP contribution in [0.2, 0.25) is 0 Å². The second-order valence-electron chi connectivity index (χ2n) is 7.21. The predicted octanol–water partition coefficient (Wildman–Crippen LogP) is 1.43. The van der Waals surface area contributed by atoms with Crippen molar-refractivity contribution in [2.75, 3.05) is 38.3 Å². The van der Waals surface area contributed by atoms with Crippen LogP contribution < -0.4 is 14.9 Å². The number of ether oxygens (including phenoxy) is 1. The number of nitrogens with one attached hydrogen (secondary N) is 2. The first-order valence-corrected chi connectivity index (χ1v) is 11.7. The average molecular weight is 436 g/mol. The van der Waals surface area contributed by atoms with E-state index in [1.807, 2.05) is 5.38 Å². The number of nitrogens with zero attached hydrogens (tertiary/aromatic N) is 3. The highest BCUT2D eigenvalue weighted by molar-refractivity contribution is 7.89. The van der Waals surface area contributed by atoms with Crippen LogP contribution in [0.25, 0.3) is 21.7 Å². The van der Waals surface area contributed by atoms with Crippen molar-refractivity contribution in [3.05, 3.63) is 23.7 Å². The Morgan fingerprint density at radius 3 is 2.86 bits per heavy atom. The van der Waals surface area contributed by atoms with Gasteiger partial charge in [-0.2, -0.15) is 4.98 Å². The van der Waals surface area contributed by atoms with Gasteiger partial charge in [-0.25, -0.2) is 18.1 Å². The number of aromatic nitrogens is 2. The van der Waals surface area contributed by atoms with Crippen molar-refractivity contribution in [2.24, 2.45) is 0 Å². The molecule has 1 aromatic carbocycles. The van der Waals surface area contributed by atoms with Crippen molar-refractivity contribution in [3.63, 3.8) is 0 Å². The molecular formula is C18H21N5O4S2. The Labute approximate surface area is 172 Å². The molecule has 0 amide bonds. The lowest BCUT2D eigenvalue weighted by atomic mass is 9.92. The molecule has 3 aromatic rings. The topological polar surface area (TPSA) is 110 Å². The van der Waals surface area contributed by atoms with E-state index in [2.05, 4.69) is 24.9 Å². The van der Waals surface area contributed by atoms with Gasteiger partial charge >= 0.3 is 0 Å². The SMILES string of the molecule is COCCNS(=O)(=O)c1ccc(-c2nccs2)c2oc(N3CC4CC(C3)N4)nc12. The summed E-state index contributed by atoms with van der Waals surface area (Å²) in [7, 11) is -2.24. The van der Waals surface area contributed by atoms with Crippen LogP contribution in [-0.2, 0) is 14.8 Å². The van der Waals surface area contributed by atoms with Gasteiger partial charge in [0, 0.05) is 50.4 Å². The molecule has 0 spiro atoms. The summed E-state index contributed by atoms with van der Waals surface area (Å²) in [5.74, 6) is 0. The van der Waals surface area contributed by atoms with E-state index < -0.39 is 10.0 Å². The molecule has 5 heterocycles. The number of piperazine rings is 1. The zero-order valence-electron chi connectivity index (χ0n) is 15.8. The number of thiazole rings is 1. The maximum atomic E-state index is 12.9. The number of anilines is 1. The minimum atomic E-state index is -3.76. The molecule has 2 N–H and O–H groups in total. The van der Waals surface area contributed by atoms with Gasteiger partial charge in [-0.3, -0.25) is 0 Å². The summed E-state index contributed by atoms with van der Waals surface area (Å²) < 4.78 is 39.4. The maximum Gasteiger partial charge on any atom is 0.298 e. The van der Waals surface area contributed by atoms with Crippen LogP contribution in [0.15, 0.2) is 33.0 Å². The van der Waals surface area contributed by atoms with Crippen molar-refractivity contribution < 1.29 is 17.6 Å². The third-order valence-corrected chi connectivity index (χ3v) is 7.54. The summed E-state index contributed by atoms with van der Waals surface area (Å²) in [6.45, 7) is 2.06. The van der Waals surface area contributed by atoms with Crippen LogP contribution in [-0.4, -0.2) is 63.8 Å². The summed E-state index contributed by atoms with van der Waals surface area (Å²) in [5, 5.41) is 6.11. The van der Waals surface area contributed by atoms with Crippen LogP contribution >= 0.6 is 11.3 Å². The van der Waals surface area contributed by atoms with Crippen molar-refractivity contribution in [1.29, 1.82) is 0 Å². The molecule has 9 nitrogen and oxygen atoms in total. The number of oxazole rings is 1. The van der Waals surface area contributed by atoms with Gasteiger partial charge in [0.2, 0.25) is 10.0 Å². The van der Waals surface area contributed by atoms with Crippen molar-refractivity contribution in [2.45, 2.75) is 23.4 Å². The highest BCUT2D eigenvalue weighted by Gasteiger charge is 2.38. The smallest absolute Gasteiger partial charge is 0.298 e. The number of benzene rings is 1. The van der Waals surface area contributed by atoms with Crippen molar-refractivity contribution >= 4 is 38.5 Å². The molecule has 0 aliphatic carbocycles. The number of piperidine rings is 1. The van der Waals surface area contributed by atoms with Gasteiger partial charge in [0.25, 0.3) is 6.01 Å². The molecule has 0 saturated carbocycles. The zero-order chi connectivity index (χ0) is 20.0. The molecule has 2 bridgehead atoms. The Morgan fingerprint density at radius 1 is 1.38 bits per heavy atom. The van der Waals surface area contributed by atoms with Gasteiger partial charge < -0.3 is 19.4 Å². The van der Waals surface area contributed by atoms with E-state index in [-0.39, 0.29) is 18.0 Å². The minimum Gasteiger partial charge on any atom is -0.423 e. The standard InChI is InChI=1S/C18H21N5O4S2/c1-26-6-4-20-29(24,25)14-3-2-13(17-19-5-7-28-17)16-15(14)22-18(27-16)23-9-11-8-12(10-23)21-11/h2-3,5,7,11-12,20-21H,4,6,8-10H2,1H3. The minimum absolute atomic E-state index is 0.0965. The molecule has 2 aromatic heterocycles. The number of rotatable bonds is 7. The highest BCUT2D eigenvalue weighted by Crippen LogP contribution is 2.37. The van der Waals surface area contributed by atoms with Crippen LogP contribution in [0.5, 0.6) is 0 Å². The lowest BCUT2D eigenvalue weighted by molar-refractivity contribution is 0.204. The van der Waals surface area contributed by atoms with E-state index in [1.54, 1.807) is 18.3 Å². The number of hydrogen-bond donors (Lipinski definition) is 2. The molecule has 11 heteroatoms. The van der Waals surface area contributed by atoms with Gasteiger partial charge in [0.1, 0.15) is 15.4 Å². The third kappa shape index (κ3) is 3.42. The van der Waals surface area contributed by atoms with E-state index in [4.69, 9.17) is 9.15 Å². The summed E-state index contributed by atoms with van der Waals surface area (Å²) in [5.41, 5.74) is 1.51.